The predicted octanol–water partition coefficient (Wildman–Crippen LogP) is 4.81. The Kier molecular flexibility index (Phi) is 5.29. The molecule has 1 atom stereocenters. The third-order valence-corrected chi connectivity index (χ3v) is 4.02. The molecular formula is C18H14ClF4N3. The highest BCUT2D eigenvalue weighted by Gasteiger charge is 2.35. The van der Waals surface area contributed by atoms with E-state index in [2.05, 4.69) is 10.3 Å². The van der Waals surface area contributed by atoms with Crippen LogP contribution in [-0.4, -0.2) is 17.3 Å². The van der Waals surface area contributed by atoms with Crippen molar-refractivity contribution in [1.82, 2.24) is 10.3 Å². The number of halogens is 5. The quantitative estimate of drug-likeness (QED) is 0.606. The summed E-state index contributed by atoms with van der Waals surface area (Å²) in [5, 5.41) is 3.50. The summed E-state index contributed by atoms with van der Waals surface area (Å²) in [5.74, 6) is -0.460. The first-order valence-electron chi connectivity index (χ1n) is 7.68. The Hall–Kier alpha value is -2.38. The van der Waals surface area contributed by atoms with Gasteiger partial charge >= 0.3 is 6.18 Å². The Morgan fingerprint density at radius 3 is 2.46 bits per heavy atom. The summed E-state index contributed by atoms with van der Waals surface area (Å²) >= 11 is 5.74. The van der Waals surface area contributed by atoms with Gasteiger partial charge in [-0.25, -0.2) is 9.37 Å². The zero-order chi connectivity index (χ0) is 18.7. The number of nitrogens with zero attached hydrogens (tertiary/aromatic N) is 2. The van der Waals surface area contributed by atoms with E-state index in [4.69, 9.17) is 11.6 Å². The second-order valence-electron chi connectivity index (χ2n) is 5.64. The maximum Gasteiger partial charge on any atom is 0.417 e. The molecule has 2 heterocycles. The lowest BCUT2D eigenvalue weighted by Crippen LogP contribution is -2.43. The van der Waals surface area contributed by atoms with Crippen LogP contribution in [0.2, 0.25) is 5.15 Å². The maximum atomic E-state index is 13.2. The number of aromatic nitrogens is 1. The fourth-order valence-corrected chi connectivity index (χ4v) is 2.59. The summed E-state index contributed by atoms with van der Waals surface area (Å²) < 4.78 is 52.3. The average Bonchev–Trinajstić information content (AvgIpc) is 2.61. The van der Waals surface area contributed by atoms with Gasteiger partial charge in [0.1, 0.15) is 17.1 Å². The number of benzene rings is 1. The van der Waals surface area contributed by atoms with Gasteiger partial charge in [0.15, 0.2) is 0 Å². The molecule has 1 aromatic carbocycles. The minimum atomic E-state index is -4.47. The first kappa shape index (κ1) is 18.4. The van der Waals surface area contributed by atoms with Gasteiger partial charge in [-0.1, -0.05) is 17.7 Å². The highest BCUT2D eigenvalue weighted by atomic mass is 35.5. The van der Waals surface area contributed by atoms with E-state index in [1.165, 1.54) is 35.2 Å². The molecule has 1 aliphatic heterocycles. The highest BCUT2D eigenvalue weighted by Crippen LogP contribution is 2.32. The number of anilines is 1. The van der Waals surface area contributed by atoms with Crippen molar-refractivity contribution >= 4 is 17.3 Å². The van der Waals surface area contributed by atoms with Gasteiger partial charge in [0.2, 0.25) is 0 Å². The van der Waals surface area contributed by atoms with Crippen LogP contribution in [0.4, 0.5) is 23.2 Å². The van der Waals surface area contributed by atoms with E-state index in [0.29, 0.717) is 17.4 Å². The molecule has 2 aromatic rings. The van der Waals surface area contributed by atoms with Gasteiger partial charge in [-0.05, 0) is 48.0 Å². The van der Waals surface area contributed by atoms with Gasteiger partial charge in [-0.2, -0.15) is 13.2 Å². The molecule has 0 bridgehead atoms. The topological polar surface area (TPSA) is 28.2 Å². The molecule has 26 heavy (non-hydrogen) atoms. The molecule has 1 unspecified atom stereocenters. The Balaban J connectivity index is 1.83. The number of pyridine rings is 1. The second-order valence-corrected chi connectivity index (χ2v) is 6.03. The zero-order valence-electron chi connectivity index (χ0n) is 13.3. The fourth-order valence-electron chi connectivity index (χ4n) is 2.48. The minimum absolute atomic E-state index is 0.358. The third kappa shape index (κ3) is 4.42. The summed E-state index contributed by atoms with van der Waals surface area (Å²) in [7, 11) is 0. The number of rotatable bonds is 4. The Labute approximate surface area is 152 Å². The monoisotopic (exact) mass is 383 g/mol. The van der Waals surface area contributed by atoms with Crippen LogP contribution in [0, 0.1) is 5.82 Å². The van der Waals surface area contributed by atoms with Gasteiger partial charge in [0, 0.05) is 24.6 Å². The van der Waals surface area contributed by atoms with Crippen LogP contribution in [0.3, 0.4) is 0 Å². The lowest BCUT2D eigenvalue weighted by molar-refractivity contribution is -0.0886. The number of hydrogen-bond donors (Lipinski definition) is 1. The lowest BCUT2D eigenvalue weighted by atomic mass is 10.1. The van der Waals surface area contributed by atoms with Crippen LogP contribution < -0.4 is 10.2 Å². The molecule has 136 valence electrons. The minimum Gasteiger partial charge on any atom is -0.328 e. The first-order chi connectivity index (χ1) is 12.3. The fraction of sp³-hybridized carbons (Fsp3) is 0.167. The van der Waals surface area contributed by atoms with Gasteiger partial charge in [-0.15, -0.1) is 0 Å². The van der Waals surface area contributed by atoms with Crippen LogP contribution in [0.1, 0.15) is 5.56 Å². The van der Waals surface area contributed by atoms with Gasteiger partial charge in [0.25, 0.3) is 0 Å². The Morgan fingerprint density at radius 2 is 1.85 bits per heavy atom. The average molecular weight is 384 g/mol. The van der Waals surface area contributed by atoms with Crippen LogP contribution in [0.5, 0.6) is 0 Å². The SMILES string of the molecule is Fc1ccc(N2C=C(C(F)(F)F)C=CC2NCc2ccc(Cl)nc2)cc1. The van der Waals surface area contributed by atoms with Crippen molar-refractivity contribution in [1.29, 1.82) is 0 Å². The molecule has 0 saturated heterocycles. The summed E-state index contributed by atoms with van der Waals surface area (Å²) in [6.07, 6.45) is 0.0153. The molecule has 1 aliphatic rings. The molecule has 8 heteroatoms. The van der Waals surface area contributed by atoms with Crippen LogP contribution in [0.25, 0.3) is 0 Å². The van der Waals surface area contributed by atoms with Gasteiger partial charge < -0.3 is 4.90 Å². The second kappa shape index (κ2) is 7.47. The van der Waals surface area contributed by atoms with Crippen LogP contribution in [0.15, 0.2) is 66.5 Å². The maximum absolute atomic E-state index is 13.2. The smallest absolute Gasteiger partial charge is 0.328 e. The molecule has 1 aromatic heterocycles. The van der Waals surface area contributed by atoms with E-state index in [-0.39, 0.29) is 0 Å². The summed E-state index contributed by atoms with van der Waals surface area (Å²) in [6, 6.07) is 8.67. The van der Waals surface area contributed by atoms with Crippen molar-refractivity contribution in [2.75, 3.05) is 4.90 Å². The van der Waals surface area contributed by atoms with Crippen molar-refractivity contribution in [3.05, 3.63) is 83.1 Å². The van der Waals surface area contributed by atoms with Crippen molar-refractivity contribution in [2.45, 2.75) is 18.9 Å². The predicted molar refractivity (Wildman–Crippen MR) is 92.0 cm³/mol. The standard InChI is InChI=1S/C18H14ClF4N3/c19-16-7-1-12(9-24-16)10-25-17-8-2-13(18(21,22)23)11-26(17)15-5-3-14(20)4-6-15/h1-9,11,17,25H,10H2. The molecule has 0 fully saturated rings. The molecular weight excluding hydrogens is 370 g/mol. The summed E-state index contributed by atoms with van der Waals surface area (Å²) in [4.78, 5) is 5.37. The number of hydrogen-bond acceptors (Lipinski definition) is 3. The van der Waals surface area contributed by atoms with E-state index >= 15 is 0 Å². The first-order valence-corrected chi connectivity index (χ1v) is 8.06. The summed E-state index contributed by atoms with van der Waals surface area (Å²) in [5.41, 5.74) is 0.477. The van der Waals surface area contributed by atoms with Crippen molar-refractivity contribution < 1.29 is 17.6 Å². The van der Waals surface area contributed by atoms with Crippen molar-refractivity contribution in [3.63, 3.8) is 0 Å². The Bertz CT molecular complexity index is 814. The highest BCUT2D eigenvalue weighted by molar-refractivity contribution is 6.29. The van der Waals surface area contributed by atoms with E-state index in [9.17, 15) is 17.6 Å². The molecule has 0 radical (unpaired) electrons. The van der Waals surface area contributed by atoms with Crippen LogP contribution in [-0.2, 0) is 6.54 Å². The van der Waals surface area contributed by atoms with E-state index < -0.39 is 23.7 Å². The van der Waals surface area contributed by atoms with E-state index in [0.717, 1.165) is 17.8 Å². The molecule has 3 nitrogen and oxygen atoms in total. The lowest BCUT2D eigenvalue weighted by Gasteiger charge is -2.33. The molecule has 0 amide bonds. The molecule has 1 N–H and O–H groups in total. The van der Waals surface area contributed by atoms with E-state index in [1.54, 1.807) is 18.3 Å². The number of allylic oxidation sites excluding steroid dienone is 2. The van der Waals surface area contributed by atoms with Crippen molar-refractivity contribution in [2.24, 2.45) is 0 Å². The Morgan fingerprint density at radius 1 is 1.12 bits per heavy atom. The molecule has 0 saturated carbocycles. The van der Waals surface area contributed by atoms with E-state index in [1.807, 2.05) is 0 Å². The molecule has 0 spiro atoms. The van der Waals surface area contributed by atoms with Crippen LogP contribution >= 0.6 is 11.6 Å². The zero-order valence-corrected chi connectivity index (χ0v) is 14.1. The van der Waals surface area contributed by atoms with Gasteiger partial charge in [-0.3, -0.25) is 5.32 Å². The molecule has 0 aliphatic carbocycles. The number of nitrogens with one attached hydrogen (secondary N) is 1. The summed E-state index contributed by atoms with van der Waals surface area (Å²) in [6.45, 7) is 0.367. The third-order valence-electron chi connectivity index (χ3n) is 3.79. The van der Waals surface area contributed by atoms with Gasteiger partial charge in [0.05, 0.1) is 5.57 Å². The largest absolute Gasteiger partial charge is 0.417 e. The number of alkyl halides is 3. The van der Waals surface area contributed by atoms with Crippen molar-refractivity contribution in [3.8, 4) is 0 Å². The molecule has 3 rings (SSSR count). The normalized spacial score (nSPS) is 17.3.